The maximum Gasteiger partial charge on any atom is 0.194 e. The molecule has 1 aromatic carbocycles. The first-order valence-corrected chi connectivity index (χ1v) is 8.51. The van der Waals surface area contributed by atoms with Gasteiger partial charge in [0, 0.05) is 29.3 Å². The van der Waals surface area contributed by atoms with E-state index in [1.807, 2.05) is 0 Å². The molecule has 4 heteroatoms. The average molecular weight is 297 g/mol. The van der Waals surface area contributed by atoms with E-state index < -0.39 is 0 Å². The van der Waals surface area contributed by atoms with Crippen molar-refractivity contribution in [1.29, 1.82) is 0 Å². The first-order chi connectivity index (χ1) is 10.3. The third kappa shape index (κ3) is 2.28. The molecular formula is C17H19N3S. The zero-order chi connectivity index (χ0) is 14.2. The van der Waals surface area contributed by atoms with Gasteiger partial charge in [-0.3, -0.25) is 4.40 Å². The van der Waals surface area contributed by atoms with Crippen LogP contribution in [0.25, 0.3) is 16.2 Å². The molecule has 2 heterocycles. The fourth-order valence-electron chi connectivity index (χ4n) is 3.19. The van der Waals surface area contributed by atoms with Crippen LogP contribution in [0.1, 0.15) is 29.7 Å². The number of thiazole rings is 1. The lowest BCUT2D eigenvalue weighted by Crippen LogP contribution is -2.04. The van der Waals surface area contributed by atoms with Crippen LogP contribution in [0.2, 0.25) is 0 Å². The Bertz CT molecular complexity index is 785. The Kier molecular flexibility index (Phi) is 3.28. The molecule has 0 unspecified atom stereocenters. The number of benzene rings is 1. The number of fused-ring (bicyclic) bond motifs is 2. The van der Waals surface area contributed by atoms with Gasteiger partial charge in [-0.15, -0.1) is 11.3 Å². The van der Waals surface area contributed by atoms with Crippen molar-refractivity contribution in [2.75, 3.05) is 6.54 Å². The molecule has 108 valence electrons. The van der Waals surface area contributed by atoms with Crippen LogP contribution in [0.5, 0.6) is 0 Å². The van der Waals surface area contributed by atoms with Crippen molar-refractivity contribution in [2.24, 2.45) is 5.73 Å². The third-order valence-electron chi connectivity index (χ3n) is 4.33. The van der Waals surface area contributed by atoms with Crippen LogP contribution in [-0.2, 0) is 19.3 Å². The summed E-state index contributed by atoms with van der Waals surface area (Å²) in [6.45, 7) is 0.679. The fourth-order valence-corrected chi connectivity index (χ4v) is 4.10. The van der Waals surface area contributed by atoms with Gasteiger partial charge in [0.05, 0.1) is 5.69 Å². The number of aromatic nitrogens is 2. The summed E-state index contributed by atoms with van der Waals surface area (Å²) in [6, 6.07) is 6.85. The van der Waals surface area contributed by atoms with E-state index >= 15 is 0 Å². The predicted molar refractivity (Wildman–Crippen MR) is 87.9 cm³/mol. The van der Waals surface area contributed by atoms with Crippen molar-refractivity contribution >= 4 is 16.3 Å². The Morgan fingerprint density at radius 1 is 1.19 bits per heavy atom. The standard InChI is InChI=1S/C17H19N3S/c18-8-7-15-11-21-17-19-16(10-20(15)17)14-6-5-12-3-1-2-4-13(12)9-14/h5-6,9-11H,1-4,7-8,18H2. The molecule has 0 radical (unpaired) electrons. The number of nitrogens with two attached hydrogens (primary N) is 1. The minimum Gasteiger partial charge on any atom is -0.330 e. The molecule has 2 aromatic heterocycles. The highest BCUT2D eigenvalue weighted by Crippen LogP contribution is 2.28. The lowest BCUT2D eigenvalue weighted by molar-refractivity contribution is 0.686. The van der Waals surface area contributed by atoms with Gasteiger partial charge < -0.3 is 5.73 Å². The Morgan fingerprint density at radius 3 is 2.90 bits per heavy atom. The number of hydrogen-bond donors (Lipinski definition) is 1. The van der Waals surface area contributed by atoms with E-state index in [9.17, 15) is 0 Å². The van der Waals surface area contributed by atoms with Crippen molar-refractivity contribution in [1.82, 2.24) is 9.38 Å². The molecule has 0 atom stereocenters. The van der Waals surface area contributed by atoms with E-state index in [4.69, 9.17) is 10.7 Å². The highest BCUT2D eigenvalue weighted by molar-refractivity contribution is 7.15. The van der Waals surface area contributed by atoms with Crippen molar-refractivity contribution in [3.05, 3.63) is 46.6 Å². The van der Waals surface area contributed by atoms with E-state index in [0.717, 1.165) is 17.1 Å². The number of hydrogen-bond acceptors (Lipinski definition) is 3. The van der Waals surface area contributed by atoms with Crippen molar-refractivity contribution in [2.45, 2.75) is 32.1 Å². The molecule has 1 aliphatic rings. The van der Waals surface area contributed by atoms with E-state index in [2.05, 4.69) is 34.2 Å². The third-order valence-corrected chi connectivity index (χ3v) is 5.22. The summed E-state index contributed by atoms with van der Waals surface area (Å²) in [4.78, 5) is 5.84. The van der Waals surface area contributed by atoms with E-state index in [1.54, 1.807) is 11.3 Å². The molecule has 0 saturated heterocycles. The normalized spacial score (nSPS) is 14.5. The maximum absolute atomic E-state index is 5.68. The Hall–Kier alpha value is -1.65. The quantitative estimate of drug-likeness (QED) is 0.804. The van der Waals surface area contributed by atoms with Crippen LogP contribution in [0.3, 0.4) is 0 Å². The molecule has 4 rings (SSSR count). The molecule has 0 saturated carbocycles. The minimum absolute atomic E-state index is 0.679. The number of rotatable bonds is 3. The van der Waals surface area contributed by atoms with Crippen molar-refractivity contribution in [3.63, 3.8) is 0 Å². The Labute approximate surface area is 128 Å². The first-order valence-electron chi connectivity index (χ1n) is 7.63. The van der Waals surface area contributed by atoms with Crippen LogP contribution >= 0.6 is 11.3 Å². The highest BCUT2D eigenvalue weighted by Gasteiger charge is 2.13. The van der Waals surface area contributed by atoms with E-state index in [1.165, 1.54) is 48.1 Å². The molecule has 3 nitrogen and oxygen atoms in total. The van der Waals surface area contributed by atoms with Gasteiger partial charge in [0.2, 0.25) is 0 Å². The molecule has 0 aliphatic heterocycles. The van der Waals surface area contributed by atoms with Crippen molar-refractivity contribution in [3.8, 4) is 11.3 Å². The van der Waals surface area contributed by atoms with E-state index in [0.29, 0.717) is 6.54 Å². The van der Waals surface area contributed by atoms with Crippen LogP contribution in [-0.4, -0.2) is 15.9 Å². The smallest absolute Gasteiger partial charge is 0.194 e. The summed E-state index contributed by atoms with van der Waals surface area (Å²) in [7, 11) is 0. The number of aryl methyl sites for hydroxylation is 2. The summed E-state index contributed by atoms with van der Waals surface area (Å²) in [6.07, 6.45) is 8.14. The first kappa shape index (κ1) is 13.0. The van der Waals surface area contributed by atoms with Crippen LogP contribution in [0, 0.1) is 0 Å². The molecule has 3 aromatic rings. The van der Waals surface area contributed by atoms with E-state index in [-0.39, 0.29) is 0 Å². The Morgan fingerprint density at radius 2 is 2.05 bits per heavy atom. The van der Waals surface area contributed by atoms with Crippen LogP contribution < -0.4 is 5.73 Å². The monoisotopic (exact) mass is 297 g/mol. The predicted octanol–water partition coefficient (Wildman–Crippen LogP) is 3.44. The average Bonchev–Trinajstić information content (AvgIpc) is 3.09. The number of nitrogens with zero attached hydrogens (tertiary/aromatic N) is 2. The minimum atomic E-state index is 0.679. The fraction of sp³-hybridized carbons (Fsp3) is 0.353. The summed E-state index contributed by atoms with van der Waals surface area (Å²) >= 11 is 1.69. The summed E-state index contributed by atoms with van der Waals surface area (Å²) < 4.78 is 2.19. The largest absolute Gasteiger partial charge is 0.330 e. The van der Waals surface area contributed by atoms with Gasteiger partial charge in [-0.25, -0.2) is 4.98 Å². The molecule has 0 fully saturated rings. The SMILES string of the molecule is NCCc1csc2nc(-c3ccc4c(c3)CCCC4)cn12. The van der Waals surface area contributed by atoms with Crippen LogP contribution in [0.15, 0.2) is 29.8 Å². The molecule has 21 heavy (non-hydrogen) atoms. The van der Waals surface area contributed by atoms with Gasteiger partial charge in [-0.2, -0.15) is 0 Å². The van der Waals surface area contributed by atoms with Crippen molar-refractivity contribution < 1.29 is 0 Å². The number of imidazole rings is 1. The van der Waals surface area contributed by atoms with Gasteiger partial charge in [0.1, 0.15) is 0 Å². The highest BCUT2D eigenvalue weighted by atomic mass is 32.1. The maximum atomic E-state index is 5.68. The summed E-state index contributed by atoms with van der Waals surface area (Å²) in [5, 5.41) is 2.16. The van der Waals surface area contributed by atoms with Crippen LogP contribution in [0.4, 0.5) is 0 Å². The lowest BCUT2D eigenvalue weighted by Gasteiger charge is -2.15. The Balaban J connectivity index is 1.75. The second-order valence-corrected chi connectivity index (χ2v) is 6.57. The molecular weight excluding hydrogens is 278 g/mol. The van der Waals surface area contributed by atoms with Gasteiger partial charge in [0.15, 0.2) is 4.96 Å². The molecule has 2 N–H and O–H groups in total. The summed E-state index contributed by atoms with van der Waals surface area (Å²) in [5.74, 6) is 0. The second-order valence-electron chi connectivity index (χ2n) is 5.74. The zero-order valence-corrected chi connectivity index (χ0v) is 12.8. The summed E-state index contributed by atoms with van der Waals surface area (Å²) in [5.41, 5.74) is 12.3. The van der Waals surface area contributed by atoms with Gasteiger partial charge >= 0.3 is 0 Å². The lowest BCUT2D eigenvalue weighted by atomic mass is 9.90. The molecule has 0 bridgehead atoms. The second kappa shape index (κ2) is 5.28. The van der Waals surface area contributed by atoms with Gasteiger partial charge in [0.25, 0.3) is 0 Å². The molecule has 1 aliphatic carbocycles. The van der Waals surface area contributed by atoms with Gasteiger partial charge in [-0.1, -0.05) is 12.1 Å². The molecule has 0 spiro atoms. The van der Waals surface area contributed by atoms with Gasteiger partial charge in [-0.05, 0) is 49.4 Å². The molecule has 0 amide bonds. The zero-order valence-electron chi connectivity index (χ0n) is 12.0. The topological polar surface area (TPSA) is 43.3 Å².